The quantitative estimate of drug-likeness (QED) is 0.161. The lowest BCUT2D eigenvalue weighted by Crippen LogP contribution is -2.04. The van der Waals surface area contributed by atoms with Crippen molar-refractivity contribution in [3.05, 3.63) is 212 Å². The molecule has 0 amide bonds. The summed E-state index contributed by atoms with van der Waals surface area (Å²) in [5.74, 6) is 1.30. The Bertz CT molecular complexity index is 4020. The highest BCUT2D eigenvalue weighted by molar-refractivity contribution is 7.25. The fraction of sp³-hybridized carbons (Fsp3) is 0.0169. The van der Waals surface area contributed by atoms with Gasteiger partial charge in [0.15, 0.2) is 5.82 Å². The molecule has 0 fully saturated rings. The van der Waals surface area contributed by atoms with Crippen molar-refractivity contribution in [2.24, 2.45) is 0 Å². The van der Waals surface area contributed by atoms with Gasteiger partial charge in [-0.3, -0.25) is 4.57 Å². The summed E-state index contributed by atoms with van der Waals surface area (Å²) in [4.78, 5) is 10.4. The van der Waals surface area contributed by atoms with Gasteiger partial charge in [0, 0.05) is 48.1 Å². The molecule has 10 aromatic carbocycles. The van der Waals surface area contributed by atoms with Crippen molar-refractivity contribution in [1.82, 2.24) is 14.5 Å². The molecule has 7 heteroatoms. The lowest BCUT2D eigenvalue weighted by Gasteiger charge is -2.14. The molecule has 0 saturated heterocycles. The Hall–Kier alpha value is -8.13. The monoisotopic (exact) mass is 873 g/mol. The number of benzene rings is 10. The Kier molecular flexibility index (Phi) is 8.54. The summed E-state index contributed by atoms with van der Waals surface area (Å²) in [5.41, 5.74) is 7.64. The molecular formula is C59H34F3N3S. The van der Waals surface area contributed by atoms with E-state index in [1.807, 2.05) is 72.0 Å². The van der Waals surface area contributed by atoms with Gasteiger partial charge >= 0.3 is 6.18 Å². The summed E-state index contributed by atoms with van der Waals surface area (Å²) < 4.78 is 45.8. The van der Waals surface area contributed by atoms with Gasteiger partial charge in [0.25, 0.3) is 0 Å². The maximum atomic E-state index is 13.7. The Morgan fingerprint density at radius 2 is 0.879 bits per heavy atom. The second-order valence-electron chi connectivity index (χ2n) is 16.8. The van der Waals surface area contributed by atoms with Gasteiger partial charge in [-0.2, -0.15) is 13.2 Å². The molecule has 0 unspecified atom stereocenters. The van der Waals surface area contributed by atoms with E-state index in [9.17, 15) is 13.2 Å². The average molecular weight is 874 g/mol. The summed E-state index contributed by atoms with van der Waals surface area (Å²) in [6.45, 7) is 0. The van der Waals surface area contributed by atoms with E-state index in [1.165, 1.54) is 20.2 Å². The topological polar surface area (TPSA) is 30.7 Å². The van der Waals surface area contributed by atoms with Crippen LogP contribution in [0.2, 0.25) is 0 Å². The number of aromatic nitrogens is 3. The van der Waals surface area contributed by atoms with Gasteiger partial charge in [-0.25, -0.2) is 9.97 Å². The zero-order chi connectivity index (χ0) is 44.1. The fourth-order valence-corrected chi connectivity index (χ4v) is 10.9. The fourth-order valence-electron chi connectivity index (χ4n) is 9.85. The maximum Gasteiger partial charge on any atom is 0.416 e. The lowest BCUT2D eigenvalue weighted by molar-refractivity contribution is -0.137. The second kappa shape index (κ2) is 14.7. The summed E-state index contributed by atoms with van der Waals surface area (Å²) in [7, 11) is 0. The first kappa shape index (κ1) is 38.3. The van der Waals surface area contributed by atoms with Crippen LogP contribution < -0.4 is 0 Å². The first-order chi connectivity index (χ1) is 32.3. The number of thiophene rings is 1. The van der Waals surface area contributed by atoms with Crippen molar-refractivity contribution < 1.29 is 13.2 Å². The molecule has 0 spiro atoms. The van der Waals surface area contributed by atoms with E-state index in [1.54, 1.807) is 12.1 Å². The minimum absolute atomic E-state index is 0.599. The third kappa shape index (κ3) is 6.19. The minimum Gasteiger partial charge on any atom is -0.294 e. The van der Waals surface area contributed by atoms with Crippen molar-refractivity contribution >= 4 is 85.6 Å². The predicted molar refractivity (Wildman–Crippen MR) is 269 cm³/mol. The van der Waals surface area contributed by atoms with E-state index in [-0.39, 0.29) is 0 Å². The van der Waals surface area contributed by atoms with Gasteiger partial charge in [-0.15, -0.1) is 11.3 Å². The lowest BCUT2D eigenvalue weighted by atomic mass is 9.91. The van der Waals surface area contributed by atoms with Crippen LogP contribution in [-0.2, 0) is 6.18 Å². The van der Waals surface area contributed by atoms with Crippen LogP contribution >= 0.6 is 11.3 Å². The highest BCUT2D eigenvalue weighted by atomic mass is 32.1. The Morgan fingerprint density at radius 1 is 0.348 bits per heavy atom. The highest BCUT2D eigenvalue weighted by Gasteiger charge is 2.30. The van der Waals surface area contributed by atoms with Gasteiger partial charge in [0.2, 0.25) is 0 Å². The molecule has 13 aromatic rings. The Balaban J connectivity index is 1.11. The first-order valence-electron chi connectivity index (χ1n) is 21.8. The molecule has 13 rings (SSSR count). The maximum absolute atomic E-state index is 13.7. The van der Waals surface area contributed by atoms with E-state index in [4.69, 9.17) is 9.97 Å². The molecule has 0 aliphatic rings. The van der Waals surface area contributed by atoms with E-state index in [0.717, 1.165) is 99.8 Å². The van der Waals surface area contributed by atoms with Crippen LogP contribution in [-0.4, -0.2) is 14.5 Å². The molecule has 0 aliphatic heterocycles. The zero-order valence-electron chi connectivity index (χ0n) is 35.0. The van der Waals surface area contributed by atoms with Crippen LogP contribution in [0.4, 0.5) is 13.2 Å². The molecule has 312 valence electrons. The smallest absolute Gasteiger partial charge is 0.294 e. The van der Waals surface area contributed by atoms with Crippen molar-refractivity contribution in [2.75, 3.05) is 0 Å². The number of hydrogen-bond donors (Lipinski definition) is 0. The van der Waals surface area contributed by atoms with E-state index in [2.05, 4.69) is 126 Å². The molecule has 0 atom stereocenters. The minimum atomic E-state index is -4.43. The molecule has 0 aliphatic carbocycles. The standard InChI is InChI=1S/C59H34F3N3S/c60-59(61,62)41-24-19-35(20-25-41)38-22-27-53-49(30-38)50-32-47-46-29-39(40-23-28-56-51(31-40)45-17-9-10-18-55(45)66-56)21-26-44(46)42-15-7-8-16-43(42)48(47)33-54(50)65(53)57-34-52(36-11-3-1-4-12-36)63-58(64-57)37-13-5-2-6-14-37/h1-34H. The van der Waals surface area contributed by atoms with E-state index >= 15 is 0 Å². The largest absolute Gasteiger partial charge is 0.416 e. The molecule has 3 nitrogen and oxygen atoms in total. The van der Waals surface area contributed by atoms with E-state index < -0.39 is 11.7 Å². The number of alkyl halides is 3. The highest BCUT2D eigenvalue weighted by Crippen LogP contribution is 2.44. The van der Waals surface area contributed by atoms with Crippen LogP contribution in [0.3, 0.4) is 0 Å². The van der Waals surface area contributed by atoms with Gasteiger partial charge in [-0.05, 0) is 115 Å². The second-order valence-corrected chi connectivity index (χ2v) is 17.9. The Labute approximate surface area is 380 Å². The first-order valence-corrected chi connectivity index (χ1v) is 22.6. The average Bonchev–Trinajstić information content (AvgIpc) is 3.90. The van der Waals surface area contributed by atoms with Crippen LogP contribution in [0.15, 0.2) is 206 Å². The predicted octanol–water partition coefficient (Wildman–Crippen LogP) is 17.1. The van der Waals surface area contributed by atoms with Crippen molar-refractivity contribution in [2.45, 2.75) is 6.18 Å². The van der Waals surface area contributed by atoms with Crippen molar-refractivity contribution in [3.8, 4) is 50.7 Å². The van der Waals surface area contributed by atoms with Crippen LogP contribution in [0.1, 0.15) is 5.56 Å². The number of rotatable bonds is 5. The Morgan fingerprint density at radius 3 is 1.64 bits per heavy atom. The van der Waals surface area contributed by atoms with Crippen LogP contribution in [0.25, 0.3) is 125 Å². The zero-order valence-corrected chi connectivity index (χ0v) is 35.8. The third-order valence-electron chi connectivity index (χ3n) is 13.0. The van der Waals surface area contributed by atoms with Crippen LogP contribution in [0.5, 0.6) is 0 Å². The normalized spacial score (nSPS) is 12.2. The van der Waals surface area contributed by atoms with Crippen molar-refractivity contribution in [3.63, 3.8) is 0 Å². The van der Waals surface area contributed by atoms with Gasteiger partial charge in [-0.1, -0.05) is 140 Å². The molecule has 3 heterocycles. The molecule has 0 radical (unpaired) electrons. The number of nitrogens with zero attached hydrogens (tertiary/aromatic N) is 3. The molecule has 0 saturated carbocycles. The molecular weight excluding hydrogens is 840 g/mol. The molecule has 66 heavy (non-hydrogen) atoms. The third-order valence-corrected chi connectivity index (χ3v) is 14.2. The molecule has 0 bridgehead atoms. The number of hydrogen-bond acceptors (Lipinski definition) is 3. The summed E-state index contributed by atoms with van der Waals surface area (Å²) in [5, 5.41) is 11.3. The molecule has 3 aromatic heterocycles. The van der Waals surface area contributed by atoms with Crippen LogP contribution in [0, 0.1) is 0 Å². The number of halogens is 3. The summed E-state index contributed by atoms with van der Waals surface area (Å²) >= 11 is 1.82. The summed E-state index contributed by atoms with van der Waals surface area (Å²) in [6.07, 6.45) is -4.43. The van der Waals surface area contributed by atoms with E-state index in [0.29, 0.717) is 17.2 Å². The number of fused-ring (bicyclic) bond motifs is 12. The van der Waals surface area contributed by atoms with Gasteiger partial charge < -0.3 is 0 Å². The van der Waals surface area contributed by atoms with Crippen molar-refractivity contribution in [1.29, 1.82) is 0 Å². The SMILES string of the molecule is FC(F)(F)c1ccc(-c2ccc3c(c2)c2cc4c5cc(-c6ccc7sc8ccccc8c7c6)ccc5c5ccccc5c4cc2n3-c2cc(-c3ccccc3)nc(-c3ccccc3)n2)cc1. The van der Waals surface area contributed by atoms with Gasteiger partial charge in [0.1, 0.15) is 5.82 Å². The van der Waals surface area contributed by atoms with Gasteiger partial charge in [0.05, 0.1) is 22.3 Å². The summed E-state index contributed by atoms with van der Waals surface area (Å²) in [6, 6.07) is 69.2. The molecule has 0 N–H and O–H groups in total.